The Morgan fingerprint density at radius 2 is 0.941 bits per heavy atom. The van der Waals surface area contributed by atoms with Crippen molar-refractivity contribution >= 4 is 17.1 Å². The molecule has 0 spiro atoms. The van der Waals surface area contributed by atoms with Crippen molar-refractivity contribution in [2.45, 2.75) is 102 Å². The van der Waals surface area contributed by atoms with Crippen LogP contribution in [0.1, 0.15) is 124 Å². The van der Waals surface area contributed by atoms with Gasteiger partial charge in [-0.25, -0.2) is 0 Å². The molecular weight excluding hydrogens is 615 g/mol. The molecule has 5 aromatic carbocycles. The minimum absolute atomic E-state index is 0.000986. The molecule has 0 saturated heterocycles. The van der Waals surface area contributed by atoms with Crippen LogP contribution in [0.2, 0.25) is 0 Å². The minimum atomic E-state index is -0.0969. The largest absolute Gasteiger partial charge is 0.310 e. The maximum Gasteiger partial charge on any atom is 0.0465 e. The molecule has 6 atom stereocenters. The first-order chi connectivity index (χ1) is 24.8. The number of hydrogen-bond acceptors (Lipinski definition) is 1. The Bertz CT molecular complexity index is 2130. The van der Waals surface area contributed by atoms with Crippen LogP contribution in [-0.2, 0) is 10.8 Å². The molecule has 0 radical (unpaired) electrons. The van der Waals surface area contributed by atoms with E-state index in [1.54, 1.807) is 11.1 Å². The van der Waals surface area contributed by atoms with Crippen LogP contribution in [0, 0.1) is 23.7 Å². The van der Waals surface area contributed by atoms with Gasteiger partial charge in [0, 0.05) is 27.9 Å². The first-order valence-electron chi connectivity index (χ1n) is 20.2. The minimum Gasteiger partial charge on any atom is -0.310 e. The van der Waals surface area contributed by atoms with E-state index in [-0.39, 0.29) is 10.8 Å². The van der Waals surface area contributed by atoms with Crippen molar-refractivity contribution in [3.63, 3.8) is 0 Å². The zero-order valence-electron chi connectivity index (χ0n) is 30.9. The van der Waals surface area contributed by atoms with Gasteiger partial charge in [-0.3, -0.25) is 0 Å². The molecule has 4 bridgehead atoms. The maximum atomic E-state index is 2.54. The van der Waals surface area contributed by atoms with Crippen molar-refractivity contribution in [3.05, 3.63) is 137 Å². The normalized spacial score (nSPS) is 28.1. The highest BCUT2D eigenvalue weighted by molar-refractivity contribution is 5.99. The van der Waals surface area contributed by atoms with Crippen molar-refractivity contribution in [3.8, 4) is 22.3 Å². The fourth-order valence-corrected chi connectivity index (χ4v) is 12.6. The molecule has 51 heavy (non-hydrogen) atoms. The molecule has 256 valence electrons. The molecule has 0 heterocycles. The number of anilines is 3. The maximum absolute atomic E-state index is 2.54. The van der Waals surface area contributed by atoms with Crippen LogP contribution < -0.4 is 4.90 Å². The zero-order valence-corrected chi connectivity index (χ0v) is 30.9. The van der Waals surface area contributed by atoms with Gasteiger partial charge in [0.2, 0.25) is 0 Å². The van der Waals surface area contributed by atoms with E-state index >= 15 is 0 Å². The summed E-state index contributed by atoms with van der Waals surface area (Å²) in [6.07, 6.45) is 11.5. The van der Waals surface area contributed by atoms with Gasteiger partial charge in [0.15, 0.2) is 0 Å². The van der Waals surface area contributed by atoms with E-state index in [0.717, 1.165) is 35.5 Å². The van der Waals surface area contributed by atoms with Gasteiger partial charge in [0.1, 0.15) is 0 Å². The fraction of sp³-hybridized carbons (Fsp3) is 0.400. The first kappa shape index (κ1) is 30.5. The third-order valence-electron chi connectivity index (χ3n) is 15.3. The lowest BCUT2D eigenvalue weighted by Gasteiger charge is -2.29. The second-order valence-corrected chi connectivity index (χ2v) is 18.5. The lowest BCUT2D eigenvalue weighted by Crippen LogP contribution is -2.17. The molecule has 11 rings (SSSR count). The van der Waals surface area contributed by atoms with Crippen molar-refractivity contribution in [2.24, 2.45) is 23.7 Å². The van der Waals surface area contributed by atoms with Crippen LogP contribution in [-0.4, -0.2) is 0 Å². The smallest absolute Gasteiger partial charge is 0.0465 e. The summed E-state index contributed by atoms with van der Waals surface area (Å²) in [5.74, 6) is 5.23. The summed E-state index contributed by atoms with van der Waals surface area (Å²) in [7, 11) is 0. The predicted molar refractivity (Wildman–Crippen MR) is 213 cm³/mol. The summed E-state index contributed by atoms with van der Waals surface area (Å²) in [6, 6.07) is 40.9. The molecule has 0 N–H and O–H groups in total. The Kier molecular flexibility index (Phi) is 6.42. The van der Waals surface area contributed by atoms with Crippen LogP contribution >= 0.6 is 0 Å². The summed E-state index contributed by atoms with van der Waals surface area (Å²) in [4.78, 5) is 2.54. The highest BCUT2D eigenvalue weighted by atomic mass is 15.1. The highest BCUT2D eigenvalue weighted by Gasteiger charge is 2.44. The summed E-state index contributed by atoms with van der Waals surface area (Å²) in [5.41, 5.74) is 18.3. The first-order valence-corrected chi connectivity index (χ1v) is 20.2. The lowest BCUT2D eigenvalue weighted by molar-refractivity contribution is 0.420. The molecule has 0 aliphatic heterocycles. The summed E-state index contributed by atoms with van der Waals surface area (Å²) < 4.78 is 0. The molecule has 1 heteroatoms. The third-order valence-corrected chi connectivity index (χ3v) is 15.3. The molecule has 0 aromatic heterocycles. The van der Waals surface area contributed by atoms with E-state index in [4.69, 9.17) is 0 Å². The summed E-state index contributed by atoms with van der Waals surface area (Å²) in [5, 5.41) is 0. The van der Waals surface area contributed by atoms with Gasteiger partial charge in [-0.15, -0.1) is 0 Å². The lowest BCUT2D eigenvalue weighted by atomic mass is 9.79. The van der Waals surface area contributed by atoms with Crippen molar-refractivity contribution in [1.82, 2.24) is 0 Å². The van der Waals surface area contributed by atoms with E-state index in [2.05, 4.69) is 136 Å². The van der Waals surface area contributed by atoms with Gasteiger partial charge in [0.05, 0.1) is 0 Å². The van der Waals surface area contributed by atoms with E-state index in [0.29, 0.717) is 0 Å². The quantitative estimate of drug-likeness (QED) is 0.181. The van der Waals surface area contributed by atoms with Gasteiger partial charge in [-0.1, -0.05) is 107 Å². The van der Waals surface area contributed by atoms with E-state index in [9.17, 15) is 0 Å². The molecule has 6 aliphatic carbocycles. The number of nitrogens with zero attached hydrogens (tertiary/aromatic N) is 1. The summed E-state index contributed by atoms with van der Waals surface area (Å²) in [6.45, 7) is 9.69. The Morgan fingerprint density at radius 3 is 1.45 bits per heavy atom. The zero-order chi connectivity index (χ0) is 34.2. The molecule has 6 unspecified atom stereocenters. The molecule has 4 fully saturated rings. The van der Waals surface area contributed by atoms with Crippen LogP contribution in [0.5, 0.6) is 0 Å². The van der Waals surface area contributed by atoms with Crippen LogP contribution in [0.15, 0.2) is 103 Å². The topological polar surface area (TPSA) is 3.24 Å². The summed E-state index contributed by atoms with van der Waals surface area (Å²) >= 11 is 0. The Morgan fingerprint density at radius 1 is 0.451 bits per heavy atom. The number of fused-ring (bicyclic) bond motifs is 11. The van der Waals surface area contributed by atoms with Crippen molar-refractivity contribution < 1.29 is 0 Å². The molecule has 6 aliphatic rings. The standard InChI is InChI=1S/C50H51N/c1-49(2)43-8-6-5-7-39(43)47-44(49)23-24-45-48(47)40-22-21-38(29-46(40)50(45,3)4)51(36-17-13-32(14-18-36)41-27-30-9-11-34(41)25-30)37-19-15-33(16-20-37)42-28-31-10-12-35(42)26-31/h5-8,13-24,29-31,34-35,41-42H,9-12,25-28H2,1-4H3. The average Bonchev–Trinajstić information content (AvgIpc) is 4.02. The van der Waals surface area contributed by atoms with E-state index < -0.39 is 0 Å². The second-order valence-electron chi connectivity index (χ2n) is 18.5. The monoisotopic (exact) mass is 665 g/mol. The molecule has 0 amide bonds. The van der Waals surface area contributed by atoms with E-state index in [1.807, 2.05) is 0 Å². The van der Waals surface area contributed by atoms with Gasteiger partial charge < -0.3 is 4.90 Å². The van der Waals surface area contributed by atoms with Gasteiger partial charge in [0.25, 0.3) is 0 Å². The second kappa shape index (κ2) is 10.7. The molecular formula is C50H51N. The molecule has 5 aromatic rings. The fourth-order valence-electron chi connectivity index (χ4n) is 12.6. The molecule has 4 saturated carbocycles. The van der Waals surface area contributed by atoms with Crippen molar-refractivity contribution in [2.75, 3.05) is 4.90 Å². The van der Waals surface area contributed by atoms with Gasteiger partial charge >= 0.3 is 0 Å². The van der Waals surface area contributed by atoms with Crippen molar-refractivity contribution in [1.29, 1.82) is 0 Å². The SMILES string of the molecule is CC1(C)c2ccccc2-c2c1ccc1c2-c2ccc(N(c3ccc(C4CC5CCC4C5)cc3)c3ccc(C4CC5CCC4C5)cc3)cc2C1(C)C. The average molecular weight is 666 g/mol. The highest BCUT2D eigenvalue weighted by Crippen LogP contribution is 2.60. The van der Waals surface area contributed by atoms with Gasteiger partial charge in [-0.2, -0.15) is 0 Å². The Hall–Kier alpha value is -4.10. The number of rotatable bonds is 5. The number of hydrogen-bond donors (Lipinski definition) is 0. The van der Waals surface area contributed by atoms with Crippen LogP contribution in [0.4, 0.5) is 17.1 Å². The number of benzene rings is 5. The van der Waals surface area contributed by atoms with Crippen LogP contribution in [0.25, 0.3) is 22.3 Å². The van der Waals surface area contributed by atoms with E-state index in [1.165, 1.54) is 113 Å². The third kappa shape index (κ3) is 4.33. The predicted octanol–water partition coefficient (Wildman–Crippen LogP) is 13.6. The Balaban J connectivity index is 1.02. The van der Waals surface area contributed by atoms with Crippen LogP contribution in [0.3, 0.4) is 0 Å². The van der Waals surface area contributed by atoms with Gasteiger partial charge in [-0.05, 0) is 166 Å². The molecule has 1 nitrogen and oxygen atoms in total. The Labute approximate surface area is 305 Å².